The van der Waals surface area contributed by atoms with E-state index in [1.807, 2.05) is 48.5 Å². The highest BCUT2D eigenvalue weighted by Gasteiger charge is 2.55. The van der Waals surface area contributed by atoms with Gasteiger partial charge in [-0.05, 0) is 6.07 Å². The van der Waals surface area contributed by atoms with Gasteiger partial charge in [-0.15, -0.1) is 0 Å². The van der Waals surface area contributed by atoms with Gasteiger partial charge in [0, 0.05) is 17.5 Å². The van der Waals surface area contributed by atoms with Crippen molar-refractivity contribution in [3.05, 3.63) is 72.2 Å². The molecule has 1 N–H and O–H groups in total. The number of rotatable bonds is 3. The van der Waals surface area contributed by atoms with Crippen molar-refractivity contribution in [3.8, 4) is 17.1 Å². The zero-order valence-electron chi connectivity index (χ0n) is 14.9. The number of benzene rings is 2. The minimum absolute atomic E-state index is 0.0255. The molecule has 3 heterocycles. The lowest BCUT2D eigenvalue weighted by Gasteiger charge is -2.33. The van der Waals surface area contributed by atoms with Gasteiger partial charge >= 0.3 is 6.03 Å². The highest BCUT2D eigenvalue weighted by Crippen LogP contribution is 2.41. The quantitative estimate of drug-likeness (QED) is 0.711. The number of imide groups is 1. The molecular formula is C21H17N3O4. The van der Waals surface area contributed by atoms with E-state index in [0.717, 1.165) is 10.5 Å². The number of carbonyl (C=O) groups excluding carboxylic acids is 2. The summed E-state index contributed by atoms with van der Waals surface area (Å²) >= 11 is 0. The largest absolute Gasteiger partial charge is 0.493 e. The maximum atomic E-state index is 13.3. The van der Waals surface area contributed by atoms with Crippen LogP contribution in [0.15, 0.2) is 65.2 Å². The number of nitrogens with zero attached hydrogens (tertiary/aromatic N) is 2. The molecule has 7 nitrogen and oxygen atoms in total. The number of para-hydroxylation sites is 1. The van der Waals surface area contributed by atoms with E-state index in [9.17, 15) is 9.59 Å². The molecule has 0 aliphatic carbocycles. The molecule has 1 saturated heterocycles. The Morgan fingerprint density at radius 3 is 2.71 bits per heavy atom. The van der Waals surface area contributed by atoms with Crippen LogP contribution in [0.4, 0.5) is 4.79 Å². The van der Waals surface area contributed by atoms with Crippen LogP contribution in [-0.2, 0) is 16.9 Å². The van der Waals surface area contributed by atoms with Crippen LogP contribution in [0, 0.1) is 0 Å². The van der Waals surface area contributed by atoms with E-state index in [0.29, 0.717) is 36.0 Å². The molecule has 1 atom stereocenters. The molecule has 28 heavy (non-hydrogen) atoms. The molecule has 1 spiro atoms. The smallest absolute Gasteiger partial charge is 0.325 e. The predicted octanol–water partition coefficient (Wildman–Crippen LogP) is 3.07. The molecular weight excluding hydrogens is 358 g/mol. The van der Waals surface area contributed by atoms with Crippen LogP contribution in [-0.4, -0.2) is 28.4 Å². The molecule has 0 unspecified atom stereocenters. The Morgan fingerprint density at radius 1 is 1.07 bits per heavy atom. The van der Waals surface area contributed by atoms with Gasteiger partial charge in [-0.1, -0.05) is 48.5 Å². The first-order chi connectivity index (χ1) is 13.7. The number of urea groups is 1. The van der Waals surface area contributed by atoms with E-state index in [2.05, 4.69) is 10.3 Å². The van der Waals surface area contributed by atoms with Gasteiger partial charge in [-0.2, -0.15) is 0 Å². The molecule has 7 heteroatoms. The van der Waals surface area contributed by atoms with E-state index in [4.69, 9.17) is 9.15 Å². The Kier molecular flexibility index (Phi) is 3.68. The summed E-state index contributed by atoms with van der Waals surface area (Å²) in [5.74, 6) is 1.20. The Bertz CT molecular complexity index is 1060. The topological polar surface area (TPSA) is 84.7 Å². The van der Waals surface area contributed by atoms with Gasteiger partial charge < -0.3 is 14.5 Å². The number of aromatic nitrogens is 1. The molecule has 2 aromatic carbocycles. The van der Waals surface area contributed by atoms with Gasteiger partial charge in [-0.3, -0.25) is 9.69 Å². The van der Waals surface area contributed by atoms with Crippen molar-refractivity contribution in [2.24, 2.45) is 0 Å². The molecule has 2 aliphatic rings. The SMILES string of the molecule is O=C1N[C@@]2(CCOc3ccccc32)C(=O)N1Cc1ncc(-c2ccccc2)o1. The molecule has 1 aromatic heterocycles. The van der Waals surface area contributed by atoms with E-state index < -0.39 is 11.6 Å². The summed E-state index contributed by atoms with van der Waals surface area (Å²) in [5, 5.41) is 2.87. The number of oxazole rings is 1. The minimum atomic E-state index is -1.10. The van der Waals surface area contributed by atoms with Gasteiger partial charge in [0.15, 0.2) is 11.3 Å². The van der Waals surface area contributed by atoms with Gasteiger partial charge in [0.1, 0.15) is 12.3 Å². The third kappa shape index (κ3) is 2.47. The second-order valence-corrected chi connectivity index (χ2v) is 6.81. The molecule has 5 rings (SSSR count). The van der Waals surface area contributed by atoms with Crippen LogP contribution < -0.4 is 10.1 Å². The third-order valence-electron chi connectivity index (χ3n) is 5.16. The summed E-state index contributed by atoms with van der Waals surface area (Å²) in [6.45, 7) is 0.330. The summed E-state index contributed by atoms with van der Waals surface area (Å²) < 4.78 is 11.4. The average Bonchev–Trinajstić information content (AvgIpc) is 3.29. The lowest BCUT2D eigenvalue weighted by Crippen LogP contribution is -2.47. The van der Waals surface area contributed by atoms with Crippen molar-refractivity contribution in [1.82, 2.24) is 15.2 Å². The fourth-order valence-electron chi connectivity index (χ4n) is 3.77. The zero-order chi connectivity index (χ0) is 19.1. The van der Waals surface area contributed by atoms with Gasteiger partial charge in [0.2, 0.25) is 5.89 Å². The summed E-state index contributed by atoms with van der Waals surface area (Å²) in [7, 11) is 0. The van der Waals surface area contributed by atoms with E-state index in [1.165, 1.54) is 0 Å². The second kappa shape index (κ2) is 6.23. The maximum Gasteiger partial charge on any atom is 0.325 e. The molecule has 3 aromatic rings. The first kappa shape index (κ1) is 16.6. The Morgan fingerprint density at radius 2 is 1.86 bits per heavy atom. The molecule has 1 fully saturated rings. The standard InChI is InChI=1S/C21H17N3O4/c25-19-21(10-11-27-16-9-5-4-8-15(16)21)23-20(26)24(19)13-18-22-12-17(28-18)14-6-2-1-3-7-14/h1-9,12H,10-11,13H2,(H,23,26)/t21-/m1/s1. The molecule has 0 radical (unpaired) electrons. The number of nitrogens with one attached hydrogen (secondary N) is 1. The van der Waals surface area contributed by atoms with E-state index in [1.54, 1.807) is 12.3 Å². The first-order valence-corrected chi connectivity index (χ1v) is 9.04. The normalized spacial score (nSPS) is 20.8. The summed E-state index contributed by atoms with van der Waals surface area (Å²) in [4.78, 5) is 31.3. The fourth-order valence-corrected chi connectivity index (χ4v) is 3.77. The number of fused-ring (bicyclic) bond motifs is 2. The Labute approximate surface area is 160 Å². The van der Waals surface area contributed by atoms with Crippen molar-refractivity contribution in [2.45, 2.75) is 18.5 Å². The van der Waals surface area contributed by atoms with Gasteiger partial charge in [0.05, 0.1) is 12.8 Å². The monoisotopic (exact) mass is 375 g/mol. The molecule has 3 amide bonds. The van der Waals surface area contributed by atoms with Crippen LogP contribution in [0.1, 0.15) is 17.9 Å². The van der Waals surface area contributed by atoms with Crippen molar-refractivity contribution in [3.63, 3.8) is 0 Å². The lowest BCUT2D eigenvalue weighted by molar-refractivity contribution is -0.133. The summed E-state index contributed by atoms with van der Waals surface area (Å²) in [6.07, 6.45) is 1.98. The number of amides is 3. The number of ether oxygens (including phenoxy) is 1. The van der Waals surface area contributed by atoms with E-state index in [-0.39, 0.29) is 12.5 Å². The first-order valence-electron chi connectivity index (χ1n) is 9.04. The molecule has 0 saturated carbocycles. The fraction of sp³-hybridized carbons (Fsp3) is 0.190. The van der Waals surface area contributed by atoms with Crippen LogP contribution >= 0.6 is 0 Å². The third-order valence-corrected chi connectivity index (χ3v) is 5.16. The number of carbonyl (C=O) groups is 2. The Hall–Kier alpha value is -3.61. The number of hydrogen-bond acceptors (Lipinski definition) is 5. The molecule has 140 valence electrons. The van der Waals surface area contributed by atoms with E-state index >= 15 is 0 Å². The van der Waals surface area contributed by atoms with Gasteiger partial charge in [0.25, 0.3) is 5.91 Å². The van der Waals surface area contributed by atoms with Crippen molar-refractivity contribution in [1.29, 1.82) is 0 Å². The predicted molar refractivity (Wildman–Crippen MR) is 99.3 cm³/mol. The summed E-state index contributed by atoms with van der Waals surface area (Å²) in [5.41, 5.74) is 0.466. The van der Waals surface area contributed by atoms with Crippen molar-refractivity contribution in [2.75, 3.05) is 6.61 Å². The van der Waals surface area contributed by atoms with Crippen LogP contribution in [0.2, 0.25) is 0 Å². The zero-order valence-corrected chi connectivity index (χ0v) is 14.9. The minimum Gasteiger partial charge on any atom is -0.493 e. The highest BCUT2D eigenvalue weighted by molar-refractivity contribution is 6.07. The van der Waals surface area contributed by atoms with Crippen molar-refractivity contribution < 1.29 is 18.7 Å². The second-order valence-electron chi connectivity index (χ2n) is 6.81. The maximum absolute atomic E-state index is 13.3. The van der Waals surface area contributed by atoms with Crippen LogP contribution in [0.5, 0.6) is 5.75 Å². The molecule has 2 aliphatic heterocycles. The average molecular weight is 375 g/mol. The van der Waals surface area contributed by atoms with Crippen LogP contribution in [0.25, 0.3) is 11.3 Å². The van der Waals surface area contributed by atoms with Crippen molar-refractivity contribution >= 4 is 11.9 Å². The molecule has 0 bridgehead atoms. The van der Waals surface area contributed by atoms with Gasteiger partial charge in [-0.25, -0.2) is 9.78 Å². The lowest BCUT2D eigenvalue weighted by atomic mass is 9.84. The highest BCUT2D eigenvalue weighted by atomic mass is 16.5. The number of hydrogen-bond donors (Lipinski definition) is 1. The van der Waals surface area contributed by atoms with Crippen LogP contribution in [0.3, 0.4) is 0 Å². The summed E-state index contributed by atoms with van der Waals surface area (Å²) in [6, 6.07) is 16.4. The Balaban J connectivity index is 1.43.